The summed E-state index contributed by atoms with van der Waals surface area (Å²) < 4.78 is 32.7. The van der Waals surface area contributed by atoms with E-state index in [1.807, 2.05) is 6.92 Å². The van der Waals surface area contributed by atoms with E-state index in [2.05, 4.69) is 37.7 Å². The fraction of sp³-hybridized carbons (Fsp3) is 0.450. The van der Waals surface area contributed by atoms with Crippen molar-refractivity contribution in [3.05, 3.63) is 42.5 Å². The van der Waals surface area contributed by atoms with Crippen LogP contribution in [-0.4, -0.2) is 46.0 Å². The molecule has 0 aromatic heterocycles. The Bertz CT molecular complexity index is 814. The van der Waals surface area contributed by atoms with Crippen molar-refractivity contribution in [1.82, 2.24) is 4.31 Å². The van der Waals surface area contributed by atoms with Crippen LogP contribution in [0, 0.1) is 18.4 Å². The second-order valence-electron chi connectivity index (χ2n) is 7.21. The maximum Gasteiger partial charge on any atom is 0.324 e. The maximum absolute atomic E-state index is 13.3. The van der Waals surface area contributed by atoms with Gasteiger partial charge in [0.15, 0.2) is 0 Å². The Morgan fingerprint density at radius 1 is 1.30 bits per heavy atom. The topological polar surface area (TPSA) is 63.7 Å². The molecule has 0 aliphatic carbocycles. The molecule has 1 aromatic carbocycles. The standard InChI is InChI=1S/C20H29NO4SSi/c1-7-10-19(20(22)25-8-2)21(15-9-16-27(4,5)6)26(23,24)18-13-11-17(3)12-14-18/h7,11-14,19H,1,8,10,15H2,2-6H3. The van der Waals surface area contributed by atoms with Gasteiger partial charge >= 0.3 is 5.97 Å². The third kappa shape index (κ3) is 6.98. The van der Waals surface area contributed by atoms with Crippen LogP contribution in [0.1, 0.15) is 18.9 Å². The summed E-state index contributed by atoms with van der Waals surface area (Å²) in [5.74, 6) is 2.37. The lowest BCUT2D eigenvalue weighted by molar-refractivity contribution is -0.147. The lowest BCUT2D eigenvalue weighted by atomic mass is 10.2. The molecule has 0 saturated carbocycles. The zero-order chi connectivity index (χ0) is 20.7. The average Bonchev–Trinajstić information content (AvgIpc) is 2.56. The van der Waals surface area contributed by atoms with Crippen LogP contribution in [0.25, 0.3) is 0 Å². The van der Waals surface area contributed by atoms with Gasteiger partial charge in [0.1, 0.15) is 14.1 Å². The quantitative estimate of drug-likeness (QED) is 0.287. The van der Waals surface area contributed by atoms with Gasteiger partial charge in [0.25, 0.3) is 0 Å². The minimum atomic E-state index is -3.92. The third-order valence-electron chi connectivity index (χ3n) is 3.62. The van der Waals surface area contributed by atoms with Crippen LogP contribution in [-0.2, 0) is 19.6 Å². The van der Waals surface area contributed by atoms with Gasteiger partial charge in [0.05, 0.1) is 18.0 Å². The predicted octanol–water partition coefficient (Wildman–Crippen LogP) is 3.37. The minimum absolute atomic E-state index is 0.0716. The highest BCUT2D eigenvalue weighted by atomic mass is 32.2. The van der Waals surface area contributed by atoms with Crippen molar-refractivity contribution in [2.45, 2.75) is 50.8 Å². The summed E-state index contributed by atoms with van der Waals surface area (Å²) in [7, 11) is -5.61. The van der Waals surface area contributed by atoms with E-state index in [0.29, 0.717) is 0 Å². The Morgan fingerprint density at radius 3 is 2.37 bits per heavy atom. The summed E-state index contributed by atoms with van der Waals surface area (Å²) >= 11 is 0. The number of carbonyl (C=O) groups is 1. The van der Waals surface area contributed by atoms with Crippen molar-refractivity contribution in [1.29, 1.82) is 0 Å². The summed E-state index contributed by atoms with van der Waals surface area (Å²) in [5, 5.41) is 0. The van der Waals surface area contributed by atoms with Gasteiger partial charge in [-0.3, -0.25) is 4.79 Å². The molecule has 0 bridgehead atoms. The molecule has 0 heterocycles. The van der Waals surface area contributed by atoms with Gasteiger partial charge in [-0.05, 0) is 32.4 Å². The Hall–Kier alpha value is -1.88. The number of benzene rings is 1. The molecule has 1 unspecified atom stereocenters. The zero-order valence-electron chi connectivity index (χ0n) is 16.8. The molecule has 1 rings (SSSR count). The van der Waals surface area contributed by atoms with Gasteiger partial charge in [0.2, 0.25) is 10.0 Å². The first kappa shape index (κ1) is 23.2. The van der Waals surface area contributed by atoms with Crippen molar-refractivity contribution in [2.24, 2.45) is 0 Å². The third-order valence-corrected chi connectivity index (χ3v) is 6.42. The highest BCUT2D eigenvalue weighted by molar-refractivity contribution is 7.89. The van der Waals surface area contributed by atoms with Crippen LogP contribution in [0.2, 0.25) is 19.6 Å². The molecule has 148 valence electrons. The highest BCUT2D eigenvalue weighted by Crippen LogP contribution is 2.21. The molecule has 0 spiro atoms. The van der Waals surface area contributed by atoms with E-state index in [1.165, 1.54) is 6.08 Å². The monoisotopic (exact) mass is 407 g/mol. The van der Waals surface area contributed by atoms with E-state index in [9.17, 15) is 13.2 Å². The molecule has 0 radical (unpaired) electrons. The number of hydrogen-bond acceptors (Lipinski definition) is 4. The van der Waals surface area contributed by atoms with Crippen LogP contribution >= 0.6 is 0 Å². The summed E-state index contributed by atoms with van der Waals surface area (Å²) in [6, 6.07) is 5.54. The molecule has 0 amide bonds. The summed E-state index contributed by atoms with van der Waals surface area (Å²) in [4.78, 5) is 12.6. The molecule has 0 aliphatic heterocycles. The number of sulfonamides is 1. The highest BCUT2D eigenvalue weighted by Gasteiger charge is 2.35. The summed E-state index contributed by atoms with van der Waals surface area (Å²) in [5.41, 5.74) is 4.11. The Kier molecular flexibility index (Phi) is 8.47. The Balaban J connectivity index is 3.41. The summed E-state index contributed by atoms with van der Waals surface area (Å²) in [6.45, 7) is 13.5. The number of nitrogens with zero attached hydrogens (tertiary/aromatic N) is 1. The fourth-order valence-electron chi connectivity index (χ4n) is 2.32. The number of esters is 1. The molecule has 7 heteroatoms. The number of hydrogen-bond donors (Lipinski definition) is 0. The molecule has 5 nitrogen and oxygen atoms in total. The normalized spacial score (nSPS) is 12.8. The van der Waals surface area contributed by atoms with Gasteiger partial charge in [-0.25, -0.2) is 8.42 Å². The van der Waals surface area contributed by atoms with E-state index in [4.69, 9.17) is 4.74 Å². The molecule has 0 N–H and O–H groups in total. The maximum atomic E-state index is 13.3. The molecule has 1 aromatic rings. The van der Waals surface area contributed by atoms with Crippen molar-refractivity contribution in [2.75, 3.05) is 13.2 Å². The van der Waals surface area contributed by atoms with Crippen LogP contribution < -0.4 is 0 Å². The van der Waals surface area contributed by atoms with Crippen LogP contribution in [0.5, 0.6) is 0 Å². The van der Waals surface area contributed by atoms with E-state index >= 15 is 0 Å². The van der Waals surface area contributed by atoms with Crippen molar-refractivity contribution < 1.29 is 17.9 Å². The van der Waals surface area contributed by atoms with E-state index in [0.717, 1.165) is 9.87 Å². The predicted molar refractivity (Wildman–Crippen MR) is 111 cm³/mol. The smallest absolute Gasteiger partial charge is 0.324 e. The van der Waals surface area contributed by atoms with Crippen molar-refractivity contribution in [3.8, 4) is 11.5 Å². The molecule has 0 saturated heterocycles. The minimum Gasteiger partial charge on any atom is -0.465 e. The van der Waals surface area contributed by atoms with Crippen LogP contribution in [0.15, 0.2) is 41.8 Å². The van der Waals surface area contributed by atoms with Gasteiger partial charge in [-0.1, -0.05) is 49.3 Å². The second kappa shape index (κ2) is 9.88. The van der Waals surface area contributed by atoms with Crippen molar-refractivity contribution in [3.63, 3.8) is 0 Å². The number of ether oxygens (including phenoxy) is 1. The van der Waals surface area contributed by atoms with Crippen molar-refractivity contribution >= 4 is 24.1 Å². The fourth-order valence-corrected chi connectivity index (χ4v) is 4.42. The SMILES string of the molecule is C=CCC(C(=O)OCC)N(CC#C[Si](C)(C)C)S(=O)(=O)c1ccc(C)cc1. The van der Waals surface area contributed by atoms with E-state index < -0.39 is 30.1 Å². The first-order valence-electron chi connectivity index (χ1n) is 8.89. The Labute approximate surface area is 164 Å². The lowest BCUT2D eigenvalue weighted by Crippen LogP contribution is -2.46. The van der Waals surface area contributed by atoms with Gasteiger partial charge in [-0.2, -0.15) is 4.31 Å². The number of aryl methyl sites for hydroxylation is 1. The molecule has 0 fully saturated rings. The number of carbonyl (C=O) groups excluding carboxylic acids is 1. The lowest BCUT2D eigenvalue weighted by Gasteiger charge is -2.27. The van der Waals surface area contributed by atoms with E-state index in [1.54, 1.807) is 31.2 Å². The van der Waals surface area contributed by atoms with Crippen LogP contribution in [0.3, 0.4) is 0 Å². The van der Waals surface area contributed by atoms with Gasteiger partial charge < -0.3 is 4.74 Å². The average molecular weight is 408 g/mol. The molecule has 1 atom stereocenters. The molecular formula is C20H29NO4SSi. The first-order chi connectivity index (χ1) is 12.5. The number of rotatable bonds is 8. The molecule has 0 aliphatic rings. The van der Waals surface area contributed by atoms with E-state index in [-0.39, 0.29) is 24.5 Å². The first-order valence-corrected chi connectivity index (χ1v) is 13.8. The molecule has 27 heavy (non-hydrogen) atoms. The Morgan fingerprint density at radius 2 is 1.89 bits per heavy atom. The zero-order valence-corrected chi connectivity index (χ0v) is 18.6. The summed E-state index contributed by atoms with van der Waals surface area (Å²) in [6.07, 6.45) is 1.67. The second-order valence-corrected chi connectivity index (χ2v) is 13.8. The van der Waals surface area contributed by atoms with Crippen LogP contribution in [0.4, 0.5) is 0 Å². The largest absolute Gasteiger partial charge is 0.465 e. The van der Waals surface area contributed by atoms with Gasteiger partial charge in [0, 0.05) is 0 Å². The molecular weight excluding hydrogens is 378 g/mol. The van der Waals surface area contributed by atoms with Gasteiger partial charge in [-0.15, -0.1) is 12.1 Å².